The minimum Gasteiger partial charge on any atom is -0.481 e. The molecule has 6 nitrogen and oxygen atoms in total. The predicted molar refractivity (Wildman–Crippen MR) is 68.9 cm³/mol. The number of aliphatic carboxylic acids is 1. The Kier molecular flexibility index (Phi) is 2.51. The first-order chi connectivity index (χ1) is 9.04. The van der Waals surface area contributed by atoms with E-state index < -0.39 is 11.9 Å². The number of anilines is 1. The van der Waals surface area contributed by atoms with E-state index in [0.717, 1.165) is 16.9 Å². The number of hydrogen-bond donors (Lipinski definition) is 2. The summed E-state index contributed by atoms with van der Waals surface area (Å²) in [6, 6.07) is 5.46. The van der Waals surface area contributed by atoms with Gasteiger partial charge in [-0.15, -0.1) is 0 Å². The highest BCUT2D eigenvalue weighted by atomic mass is 16.4. The van der Waals surface area contributed by atoms with Crippen LogP contribution in [0.2, 0.25) is 0 Å². The third-order valence-electron chi connectivity index (χ3n) is 3.37. The molecule has 1 aromatic heterocycles. The van der Waals surface area contributed by atoms with E-state index in [1.807, 2.05) is 19.1 Å². The molecule has 3 rings (SSSR count). The monoisotopic (exact) mass is 259 g/mol. The fourth-order valence-corrected chi connectivity index (χ4v) is 2.42. The Morgan fingerprint density at radius 1 is 1.53 bits per heavy atom. The zero-order valence-electron chi connectivity index (χ0n) is 10.4. The Bertz CT molecular complexity index is 677. The number of aromatic amines is 1. The summed E-state index contributed by atoms with van der Waals surface area (Å²) in [6.45, 7) is 2.09. The van der Waals surface area contributed by atoms with Crippen LogP contribution in [0.1, 0.15) is 12.2 Å². The van der Waals surface area contributed by atoms with E-state index in [9.17, 15) is 9.59 Å². The number of carbonyl (C=O) groups is 2. The van der Waals surface area contributed by atoms with Gasteiger partial charge in [-0.25, -0.2) is 4.98 Å². The van der Waals surface area contributed by atoms with Crippen molar-refractivity contribution in [2.45, 2.75) is 13.3 Å². The Labute approximate surface area is 109 Å². The van der Waals surface area contributed by atoms with Gasteiger partial charge in [-0.3, -0.25) is 9.59 Å². The van der Waals surface area contributed by atoms with Crippen molar-refractivity contribution in [3.8, 4) is 0 Å². The number of H-pyrrole nitrogens is 1. The minimum atomic E-state index is -0.922. The van der Waals surface area contributed by atoms with Crippen LogP contribution in [0.3, 0.4) is 0 Å². The molecule has 2 N–H and O–H groups in total. The molecule has 19 heavy (non-hydrogen) atoms. The van der Waals surface area contributed by atoms with Crippen LogP contribution in [0.15, 0.2) is 18.2 Å². The van der Waals surface area contributed by atoms with Crippen molar-refractivity contribution in [2.75, 3.05) is 11.4 Å². The van der Waals surface area contributed by atoms with Crippen molar-refractivity contribution in [1.82, 2.24) is 9.97 Å². The number of carboxylic acid groups (broad SMARTS) is 1. The Morgan fingerprint density at radius 3 is 3.00 bits per heavy atom. The van der Waals surface area contributed by atoms with Crippen LogP contribution in [0, 0.1) is 12.8 Å². The van der Waals surface area contributed by atoms with Crippen molar-refractivity contribution in [3.05, 3.63) is 24.0 Å². The highest BCUT2D eigenvalue weighted by molar-refractivity contribution is 6.00. The van der Waals surface area contributed by atoms with Crippen molar-refractivity contribution in [3.63, 3.8) is 0 Å². The fourth-order valence-electron chi connectivity index (χ4n) is 2.42. The van der Waals surface area contributed by atoms with Gasteiger partial charge in [0.25, 0.3) is 0 Å². The second-order valence-corrected chi connectivity index (χ2v) is 4.77. The van der Waals surface area contributed by atoms with Gasteiger partial charge in [-0.2, -0.15) is 0 Å². The second-order valence-electron chi connectivity index (χ2n) is 4.77. The molecule has 1 aliphatic rings. The molecule has 1 saturated heterocycles. The molecule has 2 heterocycles. The quantitative estimate of drug-likeness (QED) is 0.851. The molecule has 0 saturated carbocycles. The first kappa shape index (κ1) is 11.7. The number of carboxylic acids is 1. The maximum absolute atomic E-state index is 11.9. The van der Waals surface area contributed by atoms with Gasteiger partial charge < -0.3 is 15.0 Å². The lowest BCUT2D eigenvalue weighted by Crippen LogP contribution is -2.25. The third-order valence-corrected chi connectivity index (χ3v) is 3.37. The van der Waals surface area contributed by atoms with Gasteiger partial charge in [0.2, 0.25) is 5.91 Å². The number of imidazole rings is 1. The Hall–Kier alpha value is -2.37. The number of aromatic nitrogens is 2. The first-order valence-corrected chi connectivity index (χ1v) is 6.04. The van der Waals surface area contributed by atoms with Crippen molar-refractivity contribution >= 4 is 28.6 Å². The largest absolute Gasteiger partial charge is 0.481 e. The molecule has 1 fully saturated rings. The number of aryl methyl sites for hydroxylation is 1. The summed E-state index contributed by atoms with van der Waals surface area (Å²) in [5.41, 5.74) is 2.40. The first-order valence-electron chi connectivity index (χ1n) is 6.04. The van der Waals surface area contributed by atoms with E-state index in [4.69, 9.17) is 5.11 Å². The van der Waals surface area contributed by atoms with E-state index in [-0.39, 0.29) is 18.9 Å². The Morgan fingerprint density at radius 2 is 2.32 bits per heavy atom. The number of rotatable bonds is 2. The van der Waals surface area contributed by atoms with E-state index in [1.165, 1.54) is 4.90 Å². The number of nitrogens with zero attached hydrogens (tertiary/aromatic N) is 2. The summed E-state index contributed by atoms with van der Waals surface area (Å²) in [7, 11) is 0. The van der Waals surface area contributed by atoms with Gasteiger partial charge in [0.05, 0.1) is 17.0 Å². The van der Waals surface area contributed by atoms with Gasteiger partial charge in [0.1, 0.15) is 5.82 Å². The summed E-state index contributed by atoms with van der Waals surface area (Å²) in [6.07, 6.45) is 0.0649. The molecule has 1 atom stereocenters. The SMILES string of the molecule is Cc1nc2ccc(N3CC(C(=O)O)CC3=O)cc2[nH]1. The Balaban J connectivity index is 1.95. The lowest BCUT2D eigenvalue weighted by Gasteiger charge is -2.15. The molecule has 6 heteroatoms. The van der Waals surface area contributed by atoms with E-state index in [0.29, 0.717) is 5.69 Å². The lowest BCUT2D eigenvalue weighted by atomic mass is 10.1. The summed E-state index contributed by atoms with van der Waals surface area (Å²) in [5, 5.41) is 8.98. The summed E-state index contributed by atoms with van der Waals surface area (Å²) < 4.78 is 0. The van der Waals surface area contributed by atoms with Crippen LogP contribution in [-0.2, 0) is 9.59 Å². The van der Waals surface area contributed by atoms with Crippen LogP contribution >= 0.6 is 0 Å². The van der Waals surface area contributed by atoms with Crippen molar-refractivity contribution < 1.29 is 14.7 Å². The number of amides is 1. The average Bonchev–Trinajstić information content (AvgIpc) is 2.90. The standard InChI is InChI=1S/C13H13N3O3/c1-7-14-10-3-2-9(5-11(10)15-7)16-6-8(13(18)19)4-12(16)17/h2-3,5,8H,4,6H2,1H3,(H,14,15)(H,18,19). The molecule has 98 valence electrons. The van der Waals surface area contributed by atoms with Crippen molar-refractivity contribution in [2.24, 2.45) is 5.92 Å². The topological polar surface area (TPSA) is 86.3 Å². The number of nitrogens with one attached hydrogen (secondary N) is 1. The number of hydrogen-bond acceptors (Lipinski definition) is 3. The highest BCUT2D eigenvalue weighted by Crippen LogP contribution is 2.27. The fraction of sp³-hybridized carbons (Fsp3) is 0.308. The highest BCUT2D eigenvalue weighted by Gasteiger charge is 2.35. The molecule has 0 radical (unpaired) electrons. The molecule has 0 aliphatic carbocycles. The normalized spacial score (nSPS) is 19.3. The molecular weight excluding hydrogens is 246 g/mol. The van der Waals surface area contributed by atoms with Crippen LogP contribution in [-0.4, -0.2) is 33.5 Å². The summed E-state index contributed by atoms with van der Waals surface area (Å²) >= 11 is 0. The molecule has 0 spiro atoms. The molecular formula is C13H13N3O3. The maximum Gasteiger partial charge on any atom is 0.308 e. The zero-order valence-corrected chi connectivity index (χ0v) is 10.4. The number of benzene rings is 1. The second kappa shape index (κ2) is 4.08. The molecule has 1 amide bonds. The van der Waals surface area contributed by atoms with Crippen LogP contribution < -0.4 is 4.90 Å². The van der Waals surface area contributed by atoms with E-state index in [2.05, 4.69) is 9.97 Å². The minimum absolute atomic E-state index is 0.0649. The van der Waals surface area contributed by atoms with Gasteiger partial charge in [0, 0.05) is 18.7 Å². The maximum atomic E-state index is 11.9. The van der Waals surface area contributed by atoms with Crippen LogP contribution in [0.4, 0.5) is 5.69 Å². The third kappa shape index (κ3) is 1.95. The lowest BCUT2D eigenvalue weighted by molar-refractivity contribution is -0.141. The summed E-state index contributed by atoms with van der Waals surface area (Å²) in [4.78, 5) is 31.7. The predicted octanol–water partition coefficient (Wildman–Crippen LogP) is 1.31. The summed E-state index contributed by atoms with van der Waals surface area (Å²) in [5.74, 6) is -0.882. The van der Waals surface area contributed by atoms with Gasteiger partial charge in [-0.05, 0) is 25.1 Å². The van der Waals surface area contributed by atoms with Gasteiger partial charge in [-0.1, -0.05) is 0 Å². The van der Waals surface area contributed by atoms with Gasteiger partial charge >= 0.3 is 5.97 Å². The van der Waals surface area contributed by atoms with Crippen LogP contribution in [0.25, 0.3) is 11.0 Å². The molecule has 0 bridgehead atoms. The van der Waals surface area contributed by atoms with Gasteiger partial charge in [0.15, 0.2) is 0 Å². The number of fused-ring (bicyclic) bond motifs is 1. The average molecular weight is 259 g/mol. The molecule has 2 aromatic rings. The smallest absolute Gasteiger partial charge is 0.308 e. The van der Waals surface area contributed by atoms with Crippen molar-refractivity contribution in [1.29, 1.82) is 0 Å². The number of carbonyl (C=O) groups excluding carboxylic acids is 1. The molecule has 1 aliphatic heterocycles. The van der Waals surface area contributed by atoms with E-state index >= 15 is 0 Å². The van der Waals surface area contributed by atoms with Crippen LogP contribution in [0.5, 0.6) is 0 Å². The molecule has 1 unspecified atom stereocenters. The molecule has 1 aromatic carbocycles. The zero-order chi connectivity index (χ0) is 13.6. The van der Waals surface area contributed by atoms with E-state index in [1.54, 1.807) is 6.07 Å².